The summed E-state index contributed by atoms with van der Waals surface area (Å²) >= 11 is 7.06. The number of hydrogen-bond acceptors (Lipinski definition) is 2. The molecule has 1 aromatic heterocycles. The summed E-state index contributed by atoms with van der Waals surface area (Å²) < 4.78 is 0. The maximum Gasteiger partial charge on any atom is 0.171 e. The highest BCUT2D eigenvalue weighted by Gasteiger charge is 2.08. The molecule has 94 valence electrons. The number of hydrogen-bond donors (Lipinski definition) is 2. The normalized spacial score (nSPS) is 11.9. The number of benzene rings is 1. The molecule has 0 aliphatic carbocycles. The molecular weight excluding hydrogens is 260 g/mol. The number of anilines is 1. The molecule has 0 amide bonds. The van der Waals surface area contributed by atoms with E-state index >= 15 is 0 Å². The molecule has 1 aromatic carbocycles. The molecule has 0 saturated heterocycles. The second-order valence-corrected chi connectivity index (χ2v) is 5.54. The van der Waals surface area contributed by atoms with Gasteiger partial charge in [0.05, 0.1) is 6.04 Å². The predicted molar refractivity (Wildman–Crippen MR) is 83.3 cm³/mol. The first kappa shape index (κ1) is 13.1. The first-order valence-corrected chi connectivity index (χ1v) is 7.12. The van der Waals surface area contributed by atoms with Crippen molar-refractivity contribution in [2.45, 2.75) is 19.9 Å². The molecule has 0 radical (unpaired) electrons. The number of aryl methyl sites for hydroxylation is 1. The van der Waals surface area contributed by atoms with Gasteiger partial charge in [-0.2, -0.15) is 0 Å². The molecule has 0 fully saturated rings. The summed E-state index contributed by atoms with van der Waals surface area (Å²) in [5, 5.41) is 9.25. The molecular formula is C14H16N2S2. The molecule has 18 heavy (non-hydrogen) atoms. The van der Waals surface area contributed by atoms with Gasteiger partial charge in [0.1, 0.15) is 0 Å². The maximum atomic E-state index is 5.33. The Labute approximate surface area is 117 Å². The third-order valence-corrected chi connectivity index (χ3v) is 3.99. The van der Waals surface area contributed by atoms with Crippen LogP contribution in [0.5, 0.6) is 0 Å². The van der Waals surface area contributed by atoms with Gasteiger partial charge in [-0.1, -0.05) is 24.3 Å². The molecule has 2 aromatic rings. The van der Waals surface area contributed by atoms with E-state index in [1.807, 2.05) is 18.2 Å². The van der Waals surface area contributed by atoms with Gasteiger partial charge in [0.15, 0.2) is 5.11 Å². The van der Waals surface area contributed by atoms with Gasteiger partial charge < -0.3 is 10.6 Å². The van der Waals surface area contributed by atoms with Gasteiger partial charge in [-0.15, -0.1) is 11.3 Å². The maximum absolute atomic E-state index is 5.33. The lowest BCUT2D eigenvalue weighted by molar-refractivity contribution is 0.737. The van der Waals surface area contributed by atoms with Crippen molar-refractivity contribution < 1.29 is 0 Å². The van der Waals surface area contributed by atoms with Crippen molar-refractivity contribution in [1.29, 1.82) is 0 Å². The Kier molecular flexibility index (Phi) is 4.33. The molecule has 0 spiro atoms. The van der Waals surface area contributed by atoms with Crippen LogP contribution in [0, 0.1) is 6.92 Å². The lowest BCUT2D eigenvalue weighted by Gasteiger charge is -2.16. The Balaban J connectivity index is 1.95. The van der Waals surface area contributed by atoms with Crippen LogP contribution in [0.4, 0.5) is 5.69 Å². The lowest BCUT2D eigenvalue weighted by Crippen LogP contribution is -2.30. The highest BCUT2D eigenvalue weighted by atomic mass is 32.1. The fraction of sp³-hybridized carbons (Fsp3) is 0.214. The van der Waals surface area contributed by atoms with Crippen LogP contribution in [0.2, 0.25) is 0 Å². The largest absolute Gasteiger partial charge is 0.355 e. The molecule has 0 aliphatic rings. The zero-order valence-corrected chi connectivity index (χ0v) is 12.1. The predicted octanol–water partition coefficient (Wildman–Crippen LogP) is 4.10. The first-order chi connectivity index (χ1) is 8.66. The zero-order valence-electron chi connectivity index (χ0n) is 10.4. The van der Waals surface area contributed by atoms with E-state index in [2.05, 4.69) is 48.1 Å². The van der Waals surface area contributed by atoms with E-state index in [1.165, 1.54) is 10.4 Å². The molecule has 0 bridgehead atoms. The van der Waals surface area contributed by atoms with E-state index in [0.29, 0.717) is 5.11 Å². The quantitative estimate of drug-likeness (QED) is 0.825. The van der Waals surface area contributed by atoms with Gasteiger partial charge in [0, 0.05) is 10.6 Å². The molecule has 4 heteroatoms. The average molecular weight is 276 g/mol. The summed E-state index contributed by atoms with van der Waals surface area (Å²) in [5.41, 5.74) is 2.24. The van der Waals surface area contributed by atoms with E-state index in [4.69, 9.17) is 12.2 Å². The van der Waals surface area contributed by atoms with Crippen LogP contribution in [0.15, 0.2) is 41.8 Å². The Morgan fingerprint density at radius 3 is 2.67 bits per heavy atom. The molecule has 0 aliphatic heterocycles. The molecule has 2 nitrogen and oxygen atoms in total. The van der Waals surface area contributed by atoms with Crippen LogP contribution in [0.25, 0.3) is 0 Å². The fourth-order valence-electron chi connectivity index (χ4n) is 1.68. The second-order valence-electron chi connectivity index (χ2n) is 4.15. The van der Waals surface area contributed by atoms with Gasteiger partial charge in [0.2, 0.25) is 0 Å². The number of nitrogens with one attached hydrogen (secondary N) is 2. The minimum absolute atomic E-state index is 0.231. The molecule has 2 N–H and O–H groups in total. The van der Waals surface area contributed by atoms with Crippen molar-refractivity contribution in [3.8, 4) is 0 Å². The number of para-hydroxylation sites is 1. The molecule has 1 atom stereocenters. The Morgan fingerprint density at radius 2 is 2.00 bits per heavy atom. The Bertz CT molecular complexity index is 520. The van der Waals surface area contributed by atoms with Crippen molar-refractivity contribution in [1.82, 2.24) is 5.32 Å². The van der Waals surface area contributed by atoms with E-state index in [0.717, 1.165) is 5.69 Å². The van der Waals surface area contributed by atoms with Gasteiger partial charge in [0.25, 0.3) is 0 Å². The smallest absolute Gasteiger partial charge is 0.171 e. The van der Waals surface area contributed by atoms with E-state index < -0.39 is 0 Å². The molecule has 1 heterocycles. The lowest BCUT2D eigenvalue weighted by atomic mass is 10.2. The van der Waals surface area contributed by atoms with Crippen molar-refractivity contribution in [2.75, 3.05) is 5.32 Å². The topological polar surface area (TPSA) is 24.1 Å². The minimum Gasteiger partial charge on any atom is -0.355 e. The SMILES string of the molecule is Cc1ccccc1NC(=S)N[C@H](C)c1cccs1. The first-order valence-electron chi connectivity index (χ1n) is 5.83. The Morgan fingerprint density at radius 1 is 1.22 bits per heavy atom. The van der Waals surface area contributed by atoms with Crippen LogP contribution >= 0.6 is 23.6 Å². The van der Waals surface area contributed by atoms with Crippen molar-refractivity contribution >= 4 is 34.4 Å². The summed E-state index contributed by atoms with van der Waals surface area (Å²) in [4.78, 5) is 1.28. The minimum atomic E-state index is 0.231. The number of thiocarbonyl (C=S) groups is 1. The summed E-state index contributed by atoms with van der Waals surface area (Å²) in [6.07, 6.45) is 0. The van der Waals surface area contributed by atoms with Gasteiger partial charge >= 0.3 is 0 Å². The van der Waals surface area contributed by atoms with Crippen LogP contribution in [0.3, 0.4) is 0 Å². The monoisotopic (exact) mass is 276 g/mol. The molecule has 0 saturated carbocycles. The average Bonchev–Trinajstić information content (AvgIpc) is 2.85. The van der Waals surface area contributed by atoms with Crippen LogP contribution in [-0.2, 0) is 0 Å². The van der Waals surface area contributed by atoms with E-state index in [-0.39, 0.29) is 6.04 Å². The third kappa shape index (κ3) is 3.31. The van der Waals surface area contributed by atoms with Gasteiger partial charge in [-0.3, -0.25) is 0 Å². The van der Waals surface area contributed by atoms with Crippen molar-refractivity contribution in [2.24, 2.45) is 0 Å². The standard InChI is InChI=1S/C14H16N2S2/c1-10-6-3-4-7-12(10)16-14(17)15-11(2)13-8-5-9-18-13/h3-9,11H,1-2H3,(H2,15,16,17)/t11-/m1/s1. The number of rotatable bonds is 3. The summed E-state index contributed by atoms with van der Waals surface area (Å²) in [6, 6.07) is 12.5. The van der Waals surface area contributed by atoms with Crippen molar-refractivity contribution in [3.63, 3.8) is 0 Å². The van der Waals surface area contributed by atoms with Crippen molar-refractivity contribution in [3.05, 3.63) is 52.2 Å². The summed E-state index contributed by atoms with van der Waals surface area (Å²) in [6.45, 7) is 4.17. The van der Waals surface area contributed by atoms with Crippen LogP contribution in [0.1, 0.15) is 23.4 Å². The van der Waals surface area contributed by atoms with Crippen LogP contribution < -0.4 is 10.6 Å². The highest BCUT2D eigenvalue weighted by molar-refractivity contribution is 7.80. The Hall–Kier alpha value is -1.39. The zero-order chi connectivity index (χ0) is 13.0. The second kappa shape index (κ2) is 5.98. The van der Waals surface area contributed by atoms with Gasteiger partial charge in [-0.25, -0.2) is 0 Å². The third-order valence-electron chi connectivity index (χ3n) is 2.71. The highest BCUT2D eigenvalue weighted by Crippen LogP contribution is 2.19. The molecule has 2 rings (SSSR count). The summed E-state index contributed by atoms with van der Waals surface area (Å²) in [7, 11) is 0. The fourth-order valence-corrected chi connectivity index (χ4v) is 2.70. The summed E-state index contributed by atoms with van der Waals surface area (Å²) in [5.74, 6) is 0. The number of thiophene rings is 1. The van der Waals surface area contributed by atoms with Gasteiger partial charge in [-0.05, 0) is 49.1 Å². The van der Waals surface area contributed by atoms with E-state index in [1.54, 1.807) is 11.3 Å². The van der Waals surface area contributed by atoms with Crippen LogP contribution in [-0.4, -0.2) is 5.11 Å². The molecule has 0 unspecified atom stereocenters. The van der Waals surface area contributed by atoms with E-state index in [9.17, 15) is 0 Å².